The highest BCUT2D eigenvalue weighted by atomic mass is 16.2. The third-order valence-electron chi connectivity index (χ3n) is 2.54. The molecule has 2 aromatic rings. The number of likely N-dealkylation sites (N-methyl/N-ethyl adjacent to an activating group) is 1. The van der Waals surface area contributed by atoms with E-state index < -0.39 is 0 Å². The van der Waals surface area contributed by atoms with Crippen LogP contribution in [0.15, 0.2) is 48.8 Å². The van der Waals surface area contributed by atoms with E-state index in [1.807, 2.05) is 36.4 Å². The van der Waals surface area contributed by atoms with Gasteiger partial charge >= 0.3 is 0 Å². The van der Waals surface area contributed by atoms with Gasteiger partial charge in [0.2, 0.25) is 5.91 Å². The Morgan fingerprint density at radius 2 is 2.06 bits per heavy atom. The van der Waals surface area contributed by atoms with E-state index in [9.17, 15) is 4.79 Å². The second kappa shape index (κ2) is 5.30. The van der Waals surface area contributed by atoms with Crippen molar-refractivity contribution in [1.82, 2.24) is 14.7 Å². The van der Waals surface area contributed by atoms with Crippen LogP contribution in [0, 0.1) is 0 Å². The smallest absolute Gasteiger partial charge is 0.244 e. The standard InChI is InChI=1S/C13H15N3O/c1-15(10-12-6-3-2-4-7-12)13(17)11-16-9-5-8-14-16/h2-9H,10-11H2,1H3. The quantitative estimate of drug-likeness (QED) is 0.797. The van der Waals surface area contributed by atoms with Crippen LogP contribution >= 0.6 is 0 Å². The number of hydrogen-bond acceptors (Lipinski definition) is 2. The normalized spacial score (nSPS) is 10.2. The molecule has 0 aliphatic heterocycles. The van der Waals surface area contributed by atoms with Crippen LogP contribution in [-0.4, -0.2) is 27.6 Å². The lowest BCUT2D eigenvalue weighted by molar-refractivity contribution is -0.131. The van der Waals surface area contributed by atoms with E-state index in [2.05, 4.69) is 5.10 Å². The van der Waals surface area contributed by atoms with Crippen LogP contribution in [0.3, 0.4) is 0 Å². The molecule has 0 bridgehead atoms. The minimum Gasteiger partial charge on any atom is -0.340 e. The topological polar surface area (TPSA) is 38.1 Å². The lowest BCUT2D eigenvalue weighted by Crippen LogP contribution is -2.29. The summed E-state index contributed by atoms with van der Waals surface area (Å²) in [5.74, 6) is 0.0533. The maximum atomic E-state index is 11.9. The molecular formula is C13H15N3O. The Balaban J connectivity index is 1.92. The molecule has 0 saturated carbocycles. The molecule has 0 unspecified atom stereocenters. The van der Waals surface area contributed by atoms with Crippen molar-refractivity contribution in [3.05, 3.63) is 54.4 Å². The first-order valence-corrected chi connectivity index (χ1v) is 5.51. The lowest BCUT2D eigenvalue weighted by atomic mass is 10.2. The summed E-state index contributed by atoms with van der Waals surface area (Å²) in [5.41, 5.74) is 1.13. The number of benzene rings is 1. The van der Waals surface area contributed by atoms with Crippen molar-refractivity contribution >= 4 is 5.91 Å². The van der Waals surface area contributed by atoms with Crippen molar-refractivity contribution in [3.63, 3.8) is 0 Å². The zero-order valence-electron chi connectivity index (χ0n) is 9.78. The molecule has 0 saturated heterocycles. The molecular weight excluding hydrogens is 214 g/mol. The third kappa shape index (κ3) is 3.17. The van der Waals surface area contributed by atoms with E-state index in [4.69, 9.17) is 0 Å². The number of rotatable bonds is 4. The Morgan fingerprint density at radius 3 is 2.71 bits per heavy atom. The minimum atomic E-state index is 0.0533. The molecule has 2 rings (SSSR count). The second-order valence-corrected chi connectivity index (χ2v) is 3.94. The van der Waals surface area contributed by atoms with Crippen molar-refractivity contribution < 1.29 is 4.79 Å². The Hall–Kier alpha value is -2.10. The monoisotopic (exact) mass is 229 g/mol. The Morgan fingerprint density at radius 1 is 1.29 bits per heavy atom. The van der Waals surface area contributed by atoms with Crippen molar-refractivity contribution in [2.75, 3.05) is 7.05 Å². The van der Waals surface area contributed by atoms with E-state index in [1.165, 1.54) is 0 Å². The van der Waals surface area contributed by atoms with Gasteiger partial charge in [0.15, 0.2) is 0 Å². The molecule has 4 nitrogen and oxygen atoms in total. The van der Waals surface area contributed by atoms with Crippen LogP contribution in [0.4, 0.5) is 0 Å². The fourth-order valence-electron chi connectivity index (χ4n) is 1.60. The van der Waals surface area contributed by atoms with E-state index in [0.717, 1.165) is 5.56 Å². The SMILES string of the molecule is CN(Cc1ccccc1)C(=O)Cn1cccn1. The van der Waals surface area contributed by atoms with E-state index >= 15 is 0 Å². The molecule has 0 fully saturated rings. The zero-order valence-corrected chi connectivity index (χ0v) is 9.78. The maximum absolute atomic E-state index is 11.9. The summed E-state index contributed by atoms with van der Waals surface area (Å²) in [6, 6.07) is 11.7. The van der Waals surface area contributed by atoms with Gasteiger partial charge < -0.3 is 4.90 Å². The molecule has 0 aliphatic carbocycles. The van der Waals surface area contributed by atoms with Crippen LogP contribution in [0.5, 0.6) is 0 Å². The molecule has 4 heteroatoms. The molecule has 88 valence electrons. The molecule has 0 spiro atoms. The molecule has 0 aliphatic rings. The first-order chi connectivity index (χ1) is 8.25. The van der Waals surface area contributed by atoms with Crippen LogP contribution in [0.1, 0.15) is 5.56 Å². The molecule has 1 amide bonds. The van der Waals surface area contributed by atoms with Gasteiger partial charge in [0.05, 0.1) is 0 Å². The first-order valence-electron chi connectivity index (χ1n) is 5.51. The highest BCUT2D eigenvalue weighted by Crippen LogP contribution is 2.03. The fraction of sp³-hybridized carbons (Fsp3) is 0.231. The van der Waals surface area contributed by atoms with Gasteiger partial charge in [-0.25, -0.2) is 0 Å². The number of carbonyl (C=O) groups is 1. The van der Waals surface area contributed by atoms with Crippen LogP contribution < -0.4 is 0 Å². The van der Waals surface area contributed by atoms with E-state index in [0.29, 0.717) is 6.54 Å². The molecule has 17 heavy (non-hydrogen) atoms. The predicted molar refractivity (Wildman–Crippen MR) is 65.1 cm³/mol. The van der Waals surface area contributed by atoms with Gasteiger partial charge in [-0.2, -0.15) is 5.10 Å². The highest BCUT2D eigenvalue weighted by Gasteiger charge is 2.09. The van der Waals surface area contributed by atoms with Gasteiger partial charge in [-0.1, -0.05) is 30.3 Å². The summed E-state index contributed by atoms with van der Waals surface area (Å²) in [6.45, 7) is 0.914. The second-order valence-electron chi connectivity index (χ2n) is 3.94. The number of amides is 1. The van der Waals surface area contributed by atoms with Gasteiger partial charge in [0.25, 0.3) is 0 Å². The van der Waals surface area contributed by atoms with Crippen molar-refractivity contribution in [3.8, 4) is 0 Å². The predicted octanol–water partition coefficient (Wildman–Crippen LogP) is 1.54. The number of aromatic nitrogens is 2. The zero-order chi connectivity index (χ0) is 12.1. The molecule has 0 N–H and O–H groups in total. The number of nitrogens with zero attached hydrogens (tertiary/aromatic N) is 3. The van der Waals surface area contributed by atoms with Crippen molar-refractivity contribution in [2.45, 2.75) is 13.1 Å². The van der Waals surface area contributed by atoms with Crippen LogP contribution in [0.2, 0.25) is 0 Å². The summed E-state index contributed by atoms with van der Waals surface area (Å²) in [7, 11) is 1.80. The van der Waals surface area contributed by atoms with Gasteiger partial charge in [0.1, 0.15) is 6.54 Å². The van der Waals surface area contributed by atoms with Crippen molar-refractivity contribution in [2.24, 2.45) is 0 Å². The fourth-order valence-corrected chi connectivity index (χ4v) is 1.60. The summed E-state index contributed by atoms with van der Waals surface area (Å²) in [6.07, 6.45) is 3.46. The summed E-state index contributed by atoms with van der Waals surface area (Å²) in [5, 5.41) is 4.01. The van der Waals surface area contributed by atoms with Crippen LogP contribution in [-0.2, 0) is 17.9 Å². The number of carbonyl (C=O) groups excluding carboxylic acids is 1. The molecule has 0 atom stereocenters. The maximum Gasteiger partial charge on any atom is 0.244 e. The summed E-state index contributed by atoms with van der Waals surface area (Å²) in [4.78, 5) is 13.6. The summed E-state index contributed by atoms with van der Waals surface area (Å²) >= 11 is 0. The van der Waals surface area contributed by atoms with E-state index in [-0.39, 0.29) is 12.5 Å². The Labute approximate surface area is 100 Å². The van der Waals surface area contributed by atoms with Crippen molar-refractivity contribution in [1.29, 1.82) is 0 Å². The Kier molecular flexibility index (Phi) is 3.55. The average molecular weight is 229 g/mol. The summed E-state index contributed by atoms with van der Waals surface area (Å²) < 4.78 is 1.63. The first kappa shape index (κ1) is 11.4. The Bertz CT molecular complexity index is 465. The largest absolute Gasteiger partial charge is 0.340 e. The van der Waals surface area contributed by atoms with Gasteiger partial charge in [0, 0.05) is 26.0 Å². The lowest BCUT2D eigenvalue weighted by Gasteiger charge is -2.17. The van der Waals surface area contributed by atoms with Gasteiger partial charge in [-0.05, 0) is 11.6 Å². The van der Waals surface area contributed by atoms with E-state index in [1.54, 1.807) is 29.0 Å². The average Bonchev–Trinajstić information content (AvgIpc) is 2.83. The third-order valence-corrected chi connectivity index (χ3v) is 2.54. The molecule has 0 radical (unpaired) electrons. The number of hydrogen-bond donors (Lipinski definition) is 0. The highest BCUT2D eigenvalue weighted by molar-refractivity contribution is 5.75. The van der Waals surface area contributed by atoms with Gasteiger partial charge in [-0.15, -0.1) is 0 Å². The minimum absolute atomic E-state index is 0.0533. The molecule has 1 aromatic carbocycles. The van der Waals surface area contributed by atoms with Crippen LogP contribution in [0.25, 0.3) is 0 Å². The molecule has 1 aromatic heterocycles. The molecule has 1 heterocycles. The van der Waals surface area contributed by atoms with Gasteiger partial charge in [-0.3, -0.25) is 9.48 Å².